The summed E-state index contributed by atoms with van der Waals surface area (Å²) in [5, 5.41) is 22.3. The van der Waals surface area contributed by atoms with E-state index in [1.807, 2.05) is 6.92 Å². The van der Waals surface area contributed by atoms with Gasteiger partial charge in [-0.2, -0.15) is 0 Å². The zero-order valence-electron chi connectivity index (χ0n) is 13.1. The Kier molecular flexibility index (Phi) is 6.03. The molecule has 1 aromatic carbocycles. The molecule has 0 radical (unpaired) electrons. The Bertz CT molecular complexity index is 541. The predicted octanol–water partition coefficient (Wildman–Crippen LogP) is 0.532. The van der Waals surface area contributed by atoms with Crippen LogP contribution in [0, 0.1) is 10.1 Å². The first kappa shape index (κ1) is 17.3. The van der Waals surface area contributed by atoms with Gasteiger partial charge in [-0.3, -0.25) is 24.7 Å². The number of aliphatic hydroxyl groups excluding tert-OH is 1. The summed E-state index contributed by atoms with van der Waals surface area (Å²) in [5.74, 6) is -0.130. The maximum absolute atomic E-state index is 12.3. The van der Waals surface area contributed by atoms with E-state index in [9.17, 15) is 14.9 Å². The van der Waals surface area contributed by atoms with E-state index in [2.05, 4.69) is 15.1 Å². The van der Waals surface area contributed by atoms with Crippen LogP contribution in [0.25, 0.3) is 0 Å². The lowest BCUT2D eigenvalue weighted by atomic mass is 10.2. The van der Waals surface area contributed by atoms with Gasteiger partial charge in [0.15, 0.2) is 0 Å². The third-order valence-electron chi connectivity index (χ3n) is 4.10. The summed E-state index contributed by atoms with van der Waals surface area (Å²) in [5.41, 5.74) is 0.544. The molecule has 1 saturated heterocycles. The average Bonchev–Trinajstić information content (AvgIpc) is 2.55. The molecule has 1 aliphatic heterocycles. The third kappa shape index (κ3) is 4.72. The van der Waals surface area contributed by atoms with Crippen molar-refractivity contribution < 1.29 is 14.8 Å². The Morgan fingerprint density at radius 3 is 2.43 bits per heavy atom. The highest BCUT2D eigenvalue weighted by atomic mass is 16.6. The molecule has 1 aliphatic rings. The molecule has 126 valence electrons. The minimum atomic E-state index is -0.472. The molecule has 0 saturated carbocycles. The number of β-amino-alcohol motifs (C(OH)–C–C–N with tert-alkyl or cyclic N) is 1. The number of nitrogens with zero attached hydrogens (tertiary/aromatic N) is 3. The molecule has 1 aromatic rings. The smallest absolute Gasteiger partial charge is 0.269 e. The number of nitrogens with one attached hydrogen (secondary N) is 1. The van der Waals surface area contributed by atoms with Gasteiger partial charge in [-0.25, -0.2) is 0 Å². The van der Waals surface area contributed by atoms with Crippen molar-refractivity contribution in [3.8, 4) is 0 Å². The highest BCUT2D eigenvalue weighted by Crippen LogP contribution is 2.16. The van der Waals surface area contributed by atoms with Gasteiger partial charge in [-0.15, -0.1) is 0 Å². The van der Waals surface area contributed by atoms with Gasteiger partial charge in [-0.05, 0) is 19.1 Å². The van der Waals surface area contributed by atoms with Gasteiger partial charge in [0.2, 0.25) is 5.91 Å². The first-order valence-corrected chi connectivity index (χ1v) is 7.64. The molecule has 2 N–H and O–H groups in total. The number of hydrogen-bond donors (Lipinski definition) is 2. The summed E-state index contributed by atoms with van der Waals surface area (Å²) in [6.07, 6.45) is 0. The third-order valence-corrected chi connectivity index (χ3v) is 4.10. The molecular weight excluding hydrogens is 300 g/mol. The number of hydrogen-bond acceptors (Lipinski definition) is 6. The summed E-state index contributed by atoms with van der Waals surface area (Å²) in [6.45, 7) is 5.87. The minimum absolute atomic E-state index is 0.00365. The lowest BCUT2D eigenvalue weighted by Crippen LogP contribution is -2.53. The van der Waals surface area contributed by atoms with Crippen LogP contribution in [0.4, 0.5) is 11.4 Å². The number of piperazine rings is 1. The van der Waals surface area contributed by atoms with Gasteiger partial charge >= 0.3 is 0 Å². The van der Waals surface area contributed by atoms with Crippen molar-refractivity contribution in [3.05, 3.63) is 34.4 Å². The fourth-order valence-electron chi connectivity index (χ4n) is 2.59. The summed E-state index contributed by atoms with van der Waals surface area (Å²) >= 11 is 0. The van der Waals surface area contributed by atoms with Crippen molar-refractivity contribution in [1.29, 1.82) is 0 Å². The molecule has 1 atom stereocenters. The summed E-state index contributed by atoms with van der Waals surface area (Å²) in [6, 6.07) is 5.52. The van der Waals surface area contributed by atoms with E-state index < -0.39 is 4.92 Å². The lowest BCUT2D eigenvalue weighted by Gasteiger charge is -2.37. The first-order valence-electron chi connectivity index (χ1n) is 7.64. The molecule has 2 rings (SSSR count). The largest absolute Gasteiger partial charge is 0.395 e. The van der Waals surface area contributed by atoms with Crippen LogP contribution in [0.3, 0.4) is 0 Å². The Morgan fingerprint density at radius 2 is 1.91 bits per heavy atom. The number of nitro benzene ring substituents is 1. The van der Waals surface area contributed by atoms with E-state index in [1.165, 1.54) is 24.3 Å². The Morgan fingerprint density at radius 1 is 1.30 bits per heavy atom. The van der Waals surface area contributed by atoms with Crippen molar-refractivity contribution in [1.82, 2.24) is 9.80 Å². The number of anilines is 1. The van der Waals surface area contributed by atoms with Gasteiger partial charge in [0.25, 0.3) is 5.69 Å². The van der Waals surface area contributed by atoms with Crippen LogP contribution >= 0.6 is 0 Å². The Balaban J connectivity index is 1.86. The van der Waals surface area contributed by atoms with Crippen molar-refractivity contribution in [2.24, 2.45) is 0 Å². The fraction of sp³-hybridized carbons (Fsp3) is 0.533. The van der Waals surface area contributed by atoms with E-state index in [0.29, 0.717) is 12.2 Å². The monoisotopic (exact) mass is 322 g/mol. The molecule has 1 amide bonds. The molecule has 1 heterocycles. The number of non-ortho nitro benzene ring substituents is 1. The molecule has 1 fully saturated rings. The number of carbonyl (C=O) groups excluding carboxylic acids is 1. The summed E-state index contributed by atoms with van der Waals surface area (Å²) in [4.78, 5) is 26.7. The molecule has 0 aromatic heterocycles. The zero-order chi connectivity index (χ0) is 16.8. The molecule has 23 heavy (non-hydrogen) atoms. The molecule has 0 aliphatic carbocycles. The highest BCUT2D eigenvalue weighted by molar-refractivity contribution is 5.94. The Hall–Kier alpha value is -2.03. The van der Waals surface area contributed by atoms with Gasteiger partial charge in [0, 0.05) is 50.5 Å². The molecule has 8 heteroatoms. The van der Waals surface area contributed by atoms with Crippen LogP contribution in [0.2, 0.25) is 0 Å². The summed E-state index contributed by atoms with van der Waals surface area (Å²) < 4.78 is 0. The van der Waals surface area contributed by atoms with Crippen molar-refractivity contribution in [2.45, 2.75) is 13.0 Å². The second kappa shape index (κ2) is 8.00. The topological polar surface area (TPSA) is 98.9 Å². The molecule has 1 unspecified atom stereocenters. The maximum Gasteiger partial charge on any atom is 0.269 e. The Labute approximate surface area is 134 Å². The number of nitro groups is 1. The van der Waals surface area contributed by atoms with Gasteiger partial charge in [-0.1, -0.05) is 0 Å². The van der Waals surface area contributed by atoms with Crippen LogP contribution in [-0.4, -0.2) is 71.1 Å². The van der Waals surface area contributed by atoms with Crippen LogP contribution in [-0.2, 0) is 4.79 Å². The normalized spacial score (nSPS) is 17.7. The van der Waals surface area contributed by atoms with Crippen LogP contribution in [0.5, 0.6) is 0 Å². The van der Waals surface area contributed by atoms with E-state index >= 15 is 0 Å². The number of aliphatic hydroxyl groups is 1. The predicted molar refractivity (Wildman–Crippen MR) is 86.3 cm³/mol. The summed E-state index contributed by atoms with van der Waals surface area (Å²) in [7, 11) is 0. The van der Waals surface area contributed by atoms with E-state index in [4.69, 9.17) is 5.11 Å². The number of carbonyl (C=O) groups is 1. The van der Waals surface area contributed by atoms with Crippen molar-refractivity contribution in [2.75, 3.05) is 44.6 Å². The lowest BCUT2D eigenvalue weighted by molar-refractivity contribution is -0.384. The van der Waals surface area contributed by atoms with Gasteiger partial charge in [0.05, 0.1) is 17.6 Å². The average molecular weight is 322 g/mol. The number of rotatable bonds is 6. The van der Waals surface area contributed by atoms with Crippen molar-refractivity contribution >= 4 is 17.3 Å². The SMILES string of the molecule is CC(C(=O)Nc1ccc([N+](=O)[O-])cc1)N1CCN(CCO)CC1. The first-order chi connectivity index (χ1) is 11.0. The molecular formula is C15H22N4O4. The second-order valence-corrected chi connectivity index (χ2v) is 5.57. The van der Waals surface area contributed by atoms with Crippen LogP contribution in [0.15, 0.2) is 24.3 Å². The fourth-order valence-corrected chi connectivity index (χ4v) is 2.59. The number of benzene rings is 1. The van der Waals surface area contributed by atoms with E-state index in [1.54, 1.807) is 0 Å². The van der Waals surface area contributed by atoms with Crippen LogP contribution in [0.1, 0.15) is 6.92 Å². The van der Waals surface area contributed by atoms with Crippen LogP contribution < -0.4 is 5.32 Å². The van der Waals surface area contributed by atoms with E-state index in [0.717, 1.165) is 26.2 Å². The van der Waals surface area contributed by atoms with Gasteiger partial charge < -0.3 is 10.4 Å². The minimum Gasteiger partial charge on any atom is -0.395 e. The second-order valence-electron chi connectivity index (χ2n) is 5.57. The van der Waals surface area contributed by atoms with Crippen molar-refractivity contribution in [3.63, 3.8) is 0 Å². The number of amides is 1. The zero-order valence-corrected chi connectivity index (χ0v) is 13.1. The van der Waals surface area contributed by atoms with Gasteiger partial charge in [0.1, 0.15) is 0 Å². The molecule has 0 spiro atoms. The van der Waals surface area contributed by atoms with E-state index in [-0.39, 0.29) is 24.2 Å². The standard InChI is InChI=1S/C15H22N4O4/c1-12(18-8-6-17(7-9-18)10-11-20)15(21)16-13-2-4-14(5-3-13)19(22)23/h2-5,12,20H,6-11H2,1H3,(H,16,21). The quantitative estimate of drug-likeness (QED) is 0.585. The highest BCUT2D eigenvalue weighted by Gasteiger charge is 2.25. The molecule has 8 nitrogen and oxygen atoms in total. The molecule has 0 bridgehead atoms. The maximum atomic E-state index is 12.3.